The molecule has 0 spiro atoms. The Morgan fingerprint density at radius 2 is 2.24 bits per heavy atom. The van der Waals surface area contributed by atoms with Gasteiger partial charge in [-0.05, 0) is 12.1 Å². The van der Waals surface area contributed by atoms with E-state index >= 15 is 0 Å². The van der Waals surface area contributed by atoms with E-state index in [0.29, 0.717) is 6.29 Å². The number of benzene rings is 1. The van der Waals surface area contributed by atoms with Crippen molar-refractivity contribution in [2.75, 3.05) is 13.7 Å². The van der Waals surface area contributed by atoms with Gasteiger partial charge in [-0.3, -0.25) is 14.9 Å². The second kappa shape index (κ2) is 5.59. The van der Waals surface area contributed by atoms with Gasteiger partial charge in [-0.15, -0.1) is 0 Å². The molecule has 7 nitrogen and oxygen atoms in total. The molecular weight excluding hydrogens is 230 g/mol. The summed E-state index contributed by atoms with van der Waals surface area (Å²) >= 11 is 0. The van der Waals surface area contributed by atoms with Gasteiger partial charge in [-0.1, -0.05) is 6.07 Å². The van der Waals surface area contributed by atoms with E-state index in [1.165, 1.54) is 25.3 Å². The molecular formula is C10H9NO6. The van der Waals surface area contributed by atoms with E-state index in [2.05, 4.69) is 0 Å². The quantitative estimate of drug-likeness (QED) is 0.246. The van der Waals surface area contributed by atoms with Gasteiger partial charge in [-0.25, -0.2) is 4.79 Å². The number of carbonyl (C=O) groups is 2. The molecule has 0 saturated heterocycles. The van der Waals surface area contributed by atoms with Gasteiger partial charge in [-0.2, -0.15) is 0 Å². The maximum absolute atomic E-state index is 11.1. The van der Waals surface area contributed by atoms with E-state index in [0.717, 1.165) is 0 Å². The van der Waals surface area contributed by atoms with Gasteiger partial charge in [0.25, 0.3) is 6.54 Å². The number of esters is 1. The monoisotopic (exact) mass is 239 g/mol. The lowest BCUT2D eigenvalue weighted by molar-refractivity contribution is -0.469. The summed E-state index contributed by atoms with van der Waals surface area (Å²) in [5, 5.41) is 10.1. The average Bonchev–Trinajstić information content (AvgIpc) is 2.28. The molecule has 0 bridgehead atoms. The zero-order valence-electron chi connectivity index (χ0n) is 8.91. The van der Waals surface area contributed by atoms with Gasteiger partial charge >= 0.3 is 5.97 Å². The molecule has 0 amide bonds. The van der Waals surface area contributed by atoms with Crippen molar-refractivity contribution in [3.63, 3.8) is 0 Å². The van der Waals surface area contributed by atoms with Crippen LogP contribution in [0, 0.1) is 10.1 Å². The van der Waals surface area contributed by atoms with Crippen LogP contribution in [-0.2, 0) is 4.79 Å². The number of ether oxygens (including phenoxy) is 2. The highest BCUT2D eigenvalue weighted by atomic mass is 16.6. The van der Waals surface area contributed by atoms with Crippen LogP contribution in [0.2, 0.25) is 0 Å². The van der Waals surface area contributed by atoms with Gasteiger partial charge in [0.15, 0.2) is 17.8 Å². The fourth-order valence-electron chi connectivity index (χ4n) is 1.15. The lowest BCUT2D eigenvalue weighted by atomic mass is 10.2. The van der Waals surface area contributed by atoms with Gasteiger partial charge < -0.3 is 9.47 Å². The summed E-state index contributed by atoms with van der Waals surface area (Å²) < 4.78 is 9.62. The molecule has 0 N–H and O–H groups in total. The molecule has 0 aliphatic carbocycles. The minimum atomic E-state index is -1.07. The molecule has 0 unspecified atom stereocenters. The van der Waals surface area contributed by atoms with E-state index < -0.39 is 17.4 Å². The second-order valence-electron chi connectivity index (χ2n) is 2.96. The smallest absolute Gasteiger partial charge is 0.384 e. The minimum absolute atomic E-state index is 0.0843. The van der Waals surface area contributed by atoms with Gasteiger partial charge in [0.1, 0.15) is 0 Å². The van der Waals surface area contributed by atoms with Crippen molar-refractivity contribution in [3.05, 3.63) is 33.9 Å². The first-order chi connectivity index (χ1) is 8.08. The summed E-state index contributed by atoms with van der Waals surface area (Å²) in [6.45, 7) is -0.976. The highest BCUT2D eigenvalue weighted by Crippen LogP contribution is 2.29. The van der Waals surface area contributed by atoms with Gasteiger partial charge in [0, 0.05) is 4.92 Å². The lowest BCUT2D eigenvalue weighted by Crippen LogP contribution is -2.20. The van der Waals surface area contributed by atoms with Crippen LogP contribution in [-0.4, -0.2) is 30.8 Å². The summed E-state index contributed by atoms with van der Waals surface area (Å²) in [7, 11) is 1.33. The molecule has 1 aromatic carbocycles. The van der Waals surface area contributed by atoms with Gasteiger partial charge in [0.2, 0.25) is 0 Å². The third-order valence-corrected chi connectivity index (χ3v) is 1.83. The zero-order valence-corrected chi connectivity index (χ0v) is 8.91. The fraction of sp³-hybridized carbons (Fsp3) is 0.200. The number of methoxy groups -OCH3 is 1. The first-order valence-electron chi connectivity index (χ1n) is 4.53. The Hall–Kier alpha value is -2.44. The SMILES string of the molecule is COc1cccc(C=O)c1OC(=O)C[N+](=O)[O-]. The maximum atomic E-state index is 11.1. The number of carbonyl (C=O) groups excluding carboxylic acids is 2. The fourth-order valence-corrected chi connectivity index (χ4v) is 1.15. The van der Waals surface area contributed by atoms with E-state index in [1.807, 2.05) is 0 Å². The van der Waals surface area contributed by atoms with Crippen molar-refractivity contribution in [1.82, 2.24) is 0 Å². The van der Waals surface area contributed by atoms with E-state index in [-0.39, 0.29) is 17.1 Å². The van der Waals surface area contributed by atoms with Crippen molar-refractivity contribution in [2.45, 2.75) is 0 Å². The van der Waals surface area contributed by atoms with E-state index in [9.17, 15) is 19.7 Å². The van der Waals surface area contributed by atoms with Crippen molar-refractivity contribution in [1.29, 1.82) is 0 Å². The van der Waals surface area contributed by atoms with E-state index in [4.69, 9.17) is 9.47 Å². The van der Waals surface area contributed by atoms with Crippen molar-refractivity contribution >= 4 is 12.3 Å². The molecule has 0 heterocycles. The van der Waals surface area contributed by atoms with Crippen LogP contribution in [0.25, 0.3) is 0 Å². The normalized spacial score (nSPS) is 9.47. The third-order valence-electron chi connectivity index (χ3n) is 1.83. The van der Waals surface area contributed by atoms with Crippen LogP contribution in [0.4, 0.5) is 0 Å². The molecule has 0 atom stereocenters. The molecule has 0 aliphatic heterocycles. The summed E-state index contributed by atoms with van der Waals surface area (Å²) in [5.74, 6) is -1.02. The molecule has 1 rings (SSSR count). The number of hydrogen-bond acceptors (Lipinski definition) is 6. The summed E-state index contributed by atoms with van der Waals surface area (Å²) in [6.07, 6.45) is 0.470. The Morgan fingerprint density at radius 3 is 2.76 bits per heavy atom. The largest absolute Gasteiger partial charge is 0.493 e. The Bertz CT molecular complexity index is 456. The second-order valence-corrected chi connectivity index (χ2v) is 2.96. The van der Waals surface area contributed by atoms with Crippen LogP contribution < -0.4 is 9.47 Å². The Morgan fingerprint density at radius 1 is 1.53 bits per heavy atom. The topological polar surface area (TPSA) is 95.7 Å². The molecule has 90 valence electrons. The molecule has 0 fully saturated rings. The number of para-hydroxylation sites is 1. The number of aldehydes is 1. The Kier molecular flexibility index (Phi) is 4.15. The summed E-state index contributed by atoms with van der Waals surface area (Å²) in [4.78, 5) is 31.1. The molecule has 0 saturated carbocycles. The van der Waals surface area contributed by atoms with Crippen molar-refractivity contribution < 1.29 is 24.0 Å². The summed E-state index contributed by atoms with van der Waals surface area (Å²) in [5.41, 5.74) is 0.0843. The van der Waals surface area contributed by atoms with E-state index in [1.54, 1.807) is 0 Å². The first-order valence-corrected chi connectivity index (χ1v) is 4.53. The van der Waals surface area contributed by atoms with Crippen molar-refractivity contribution in [3.8, 4) is 11.5 Å². The predicted molar refractivity (Wildman–Crippen MR) is 55.9 cm³/mol. The maximum Gasteiger partial charge on any atom is 0.384 e. The minimum Gasteiger partial charge on any atom is -0.493 e. The molecule has 7 heteroatoms. The molecule has 1 aromatic rings. The van der Waals surface area contributed by atoms with Gasteiger partial charge in [0.05, 0.1) is 12.7 Å². The van der Waals surface area contributed by atoms with Crippen LogP contribution in [0.5, 0.6) is 11.5 Å². The highest BCUT2D eigenvalue weighted by molar-refractivity contribution is 5.84. The number of nitrogens with zero attached hydrogens (tertiary/aromatic N) is 1. The van der Waals surface area contributed by atoms with Crippen LogP contribution >= 0.6 is 0 Å². The number of nitro groups is 1. The Labute approximate surface area is 96.1 Å². The standard InChI is InChI=1S/C10H9NO6/c1-16-8-4-2-3-7(6-12)10(8)17-9(13)5-11(14)15/h2-4,6H,5H2,1H3. The lowest BCUT2D eigenvalue weighted by Gasteiger charge is -2.09. The van der Waals surface area contributed by atoms with Crippen LogP contribution in [0.3, 0.4) is 0 Å². The molecule has 17 heavy (non-hydrogen) atoms. The highest BCUT2D eigenvalue weighted by Gasteiger charge is 2.18. The number of hydrogen-bond donors (Lipinski definition) is 0. The number of rotatable bonds is 5. The zero-order chi connectivity index (χ0) is 12.8. The molecule has 0 radical (unpaired) electrons. The molecule has 0 aliphatic rings. The third kappa shape index (κ3) is 3.26. The van der Waals surface area contributed by atoms with Crippen LogP contribution in [0.1, 0.15) is 10.4 Å². The predicted octanol–water partition coefficient (Wildman–Crippen LogP) is 0.690. The summed E-state index contributed by atoms with van der Waals surface area (Å²) in [6, 6.07) is 4.42. The van der Waals surface area contributed by atoms with Crippen LogP contribution in [0.15, 0.2) is 18.2 Å². The first kappa shape index (κ1) is 12.6. The van der Waals surface area contributed by atoms with Crippen molar-refractivity contribution in [2.24, 2.45) is 0 Å². The molecule has 0 aromatic heterocycles. The Balaban J connectivity index is 2.99. The average molecular weight is 239 g/mol.